The van der Waals surface area contributed by atoms with E-state index in [1.807, 2.05) is 13.8 Å². The van der Waals surface area contributed by atoms with Gasteiger partial charge in [-0.15, -0.1) is 0 Å². The zero-order chi connectivity index (χ0) is 13.3. The van der Waals surface area contributed by atoms with E-state index in [0.29, 0.717) is 26.1 Å². The van der Waals surface area contributed by atoms with Crippen LogP contribution < -0.4 is 5.73 Å². The fourth-order valence-electron chi connectivity index (χ4n) is 1.56. The van der Waals surface area contributed by atoms with E-state index in [2.05, 4.69) is 0 Å². The molecule has 17 heavy (non-hydrogen) atoms. The molecule has 6 heteroatoms. The number of hydrogen-bond acceptors (Lipinski definition) is 4. The van der Waals surface area contributed by atoms with E-state index in [1.54, 1.807) is 11.4 Å². The van der Waals surface area contributed by atoms with Crippen molar-refractivity contribution in [2.45, 2.75) is 39.2 Å². The van der Waals surface area contributed by atoms with Crippen molar-refractivity contribution in [1.82, 2.24) is 4.31 Å². The van der Waals surface area contributed by atoms with Gasteiger partial charge in [0.1, 0.15) is 0 Å². The maximum atomic E-state index is 12.1. The highest BCUT2D eigenvalue weighted by atomic mass is 32.2. The van der Waals surface area contributed by atoms with Crippen molar-refractivity contribution >= 4 is 10.0 Å². The Morgan fingerprint density at radius 1 is 1.35 bits per heavy atom. The predicted molar refractivity (Wildman–Crippen MR) is 70.4 cm³/mol. The summed E-state index contributed by atoms with van der Waals surface area (Å²) in [4.78, 5) is 0. The monoisotopic (exact) mass is 266 g/mol. The molecule has 0 rings (SSSR count). The number of nitrogens with two attached hydrogens (primary N) is 1. The molecule has 0 aliphatic heterocycles. The van der Waals surface area contributed by atoms with Crippen LogP contribution in [0.5, 0.6) is 0 Å². The molecule has 1 atom stereocenters. The van der Waals surface area contributed by atoms with Crippen LogP contribution in [0.1, 0.15) is 33.1 Å². The van der Waals surface area contributed by atoms with E-state index in [0.717, 1.165) is 12.8 Å². The summed E-state index contributed by atoms with van der Waals surface area (Å²) in [6.45, 7) is 5.31. The molecule has 0 saturated heterocycles. The minimum atomic E-state index is -3.18. The topological polar surface area (TPSA) is 72.6 Å². The molecule has 0 spiro atoms. The smallest absolute Gasteiger partial charge is 0.214 e. The van der Waals surface area contributed by atoms with Crippen LogP contribution in [-0.2, 0) is 14.8 Å². The molecule has 0 saturated carbocycles. The fraction of sp³-hybridized carbons (Fsp3) is 1.00. The van der Waals surface area contributed by atoms with E-state index in [4.69, 9.17) is 10.5 Å². The van der Waals surface area contributed by atoms with Crippen LogP contribution >= 0.6 is 0 Å². The van der Waals surface area contributed by atoms with Crippen molar-refractivity contribution in [3.63, 3.8) is 0 Å². The predicted octanol–water partition coefficient (Wildman–Crippen LogP) is 0.802. The van der Waals surface area contributed by atoms with Crippen molar-refractivity contribution < 1.29 is 13.2 Å². The lowest BCUT2D eigenvalue weighted by atomic mass is 10.3. The second-order valence-electron chi connectivity index (χ2n) is 4.17. The summed E-state index contributed by atoms with van der Waals surface area (Å²) < 4.78 is 30.8. The van der Waals surface area contributed by atoms with Gasteiger partial charge in [-0.05, 0) is 32.7 Å². The Morgan fingerprint density at radius 2 is 2.00 bits per heavy atom. The van der Waals surface area contributed by atoms with Crippen LogP contribution in [0.4, 0.5) is 0 Å². The molecular weight excluding hydrogens is 240 g/mol. The number of nitrogens with zero attached hydrogens (tertiary/aromatic N) is 1. The molecule has 0 amide bonds. The largest absolute Gasteiger partial charge is 0.383 e. The average molecular weight is 266 g/mol. The van der Waals surface area contributed by atoms with Gasteiger partial charge in [-0.25, -0.2) is 8.42 Å². The summed E-state index contributed by atoms with van der Waals surface area (Å²) in [6.07, 6.45) is 2.18. The van der Waals surface area contributed by atoms with Gasteiger partial charge in [0.05, 0.1) is 12.4 Å². The van der Waals surface area contributed by atoms with Crippen molar-refractivity contribution in [3.05, 3.63) is 0 Å². The Morgan fingerprint density at radius 3 is 2.47 bits per heavy atom. The zero-order valence-electron chi connectivity index (χ0n) is 11.2. The van der Waals surface area contributed by atoms with Gasteiger partial charge in [-0.3, -0.25) is 0 Å². The lowest BCUT2D eigenvalue weighted by Gasteiger charge is -2.27. The first kappa shape index (κ1) is 16.8. The number of unbranched alkanes of at least 4 members (excludes halogenated alkanes) is 1. The highest BCUT2D eigenvalue weighted by Crippen LogP contribution is 2.12. The molecule has 2 N–H and O–H groups in total. The Bertz CT molecular complexity index is 280. The lowest BCUT2D eigenvalue weighted by molar-refractivity contribution is 0.167. The molecule has 0 aliphatic carbocycles. The number of rotatable bonds is 10. The molecule has 5 nitrogen and oxygen atoms in total. The van der Waals surface area contributed by atoms with Crippen molar-refractivity contribution in [2.75, 3.05) is 32.6 Å². The minimum absolute atomic E-state index is 0.0213. The third-order valence-corrected chi connectivity index (χ3v) is 4.87. The molecule has 0 aliphatic rings. The summed E-state index contributed by atoms with van der Waals surface area (Å²) in [7, 11) is -1.60. The zero-order valence-corrected chi connectivity index (χ0v) is 12.0. The molecule has 0 heterocycles. The molecule has 0 bridgehead atoms. The Labute approximate surface area is 105 Å². The van der Waals surface area contributed by atoms with E-state index in [9.17, 15) is 8.42 Å². The van der Waals surface area contributed by atoms with Crippen LogP contribution in [0.2, 0.25) is 0 Å². The number of ether oxygens (including phenoxy) is 1. The first-order valence-corrected chi connectivity index (χ1v) is 7.79. The normalized spacial score (nSPS) is 14.2. The summed E-state index contributed by atoms with van der Waals surface area (Å²) in [5.41, 5.74) is 5.37. The van der Waals surface area contributed by atoms with Crippen LogP contribution in [0, 0.1) is 0 Å². The third-order valence-electron chi connectivity index (χ3n) is 2.81. The number of methoxy groups -OCH3 is 1. The van der Waals surface area contributed by atoms with Crippen LogP contribution in [0.25, 0.3) is 0 Å². The first-order chi connectivity index (χ1) is 7.99. The third kappa shape index (κ3) is 6.35. The van der Waals surface area contributed by atoms with Crippen molar-refractivity contribution in [3.8, 4) is 0 Å². The Kier molecular flexibility index (Phi) is 8.77. The van der Waals surface area contributed by atoms with Crippen LogP contribution in [-0.4, -0.2) is 51.3 Å². The summed E-state index contributed by atoms with van der Waals surface area (Å²) in [6, 6.07) is 0.0213. The van der Waals surface area contributed by atoms with Crippen molar-refractivity contribution in [2.24, 2.45) is 5.73 Å². The van der Waals surface area contributed by atoms with Gasteiger partial charge in [-0.2, -0.15) is 4.31 Å². The van der Waals surface area contributed by atoms with Gasteiger partial charge in [-0.1, -0.05) is 6.92 Å². The van der Waals surface area contributed by atoms with E-state index < -0.39 is 10.0 Å². The number of sulfonamides is 1. The van der Waals surface area contributed by atoms with E-state index in [1.165, 1.54) is 0 Å². The molecule has 0 fully saturated rings. The van der Waals surface area contributed by atoms with Gasteiger partial charge in [0.15, 0.2) is 0 Å². The second kappa shape index (κ2) is 8.85. The molecule has 0 aromatic rings. The molecule has 104 valence electrons. The standard InChI is InChI=1S/C11H26N2O3S/c1-4-11(2)13(8-9-16-3)17(14,15)10-6-5-7-12/h11H,4-10,12H2,1-3H3. The second-order valence-corrected chi connectivity index (χ2v) is 6.21. The average Bonchev–Trinajstić information content (AvgIpc) is 2.29. The quantitative estimate of drug-likeness (QED) is 0.594. The van der Waals surface area contributed by atoms with Crippen molar-refractivity contribution in [1.29, 1.82) is 0 Å². The Hall–Kier alpha value is -0.170. The SMILES string of the molecule is CCC(C)N(CCOC)S(=O)(=O)CCCCN. The van der Waals surface area contributed by atoms with Gasteiger partial charge in [0, 0.05) is 19.7 Å². The molecule has 1 unspecified atom stereocenters. The highest BCUT2D eigenvalue weighted by Gasteiger charge is 2.25. The van der Waals surface area contributed by atoms with E-state index >= 15 is 0 Å². The number of hydrogen-bond donors (Lipinski definition) is 1. The maximum Gasteiger partial charge on any atom is 0.214 e. The van der Waals surface area contributed by atoms with Gasteiger partial charge >= 0.3 is 0 Å². The van der Waals surface area contributed by atoms with Crippen LogP contribution in [0.15, 0.2) is 0 Å². The molecule has 0 radical (unpaired) electrons. The molecule has 0 aromatic carbocycles. The highest BCUT2D eigenvalue weighted by molar-refractivity contribution is 7.89. The lowest BCUT2D eigenvalue weighted by Crippen LogP contribution is -2.41. The summed E-state index contributed by atoms with van der Waals surface area (Å²) >= 11 is 0. The summed E-state index contributed by atoms with van der Waals surface area (Å²) in [5, 5.41) is 0. The maximum absolute atomic E-state index is 12.1. The van der Waals surface area contributed by atoms with Gasteiger partial charge in [0.25, 0.3) is 0 Å². The minimum Gasteiger partial charge on any atom is -0.383 e. The van der Waals surface area contributed by atoms with Gasteiger partial charge in [0.2, 0.25) is 10.0 Å². The van der Waals surface area contributed by atoms with E-state index in [-0.39, 0.29) is 11.8 Å². The van der Waals surface area contributed by atoms with Crippen LogP contribution in [0.3, 0.4) is 0 Å². The Balaban J connectivity index is 4.53. The fourth-order valence-corrected chi connectivity index (χ4v) is 3.42. The summed E-state index contributed by atoms with van der Waals surface area (Å²) in [5.74, 6) is 0.179. The first-order valence-electron chi connectivity index (χ1n) is 6.18. The molecule has 0 aromatic heterocycles. The van der Waals surface area contributed by atoms with Gasteiger partial charge < -0.3 is 10.5 Å². The molecular formula is C11H26N2O3S.